The summed E-state index contributed by atoms with van der Waals surface area (Å²) in [4.78, 5) is 4.52. The fourth-order valence-electron chi connectivity index (χ4n) is 2.28. The molecule has 0 saturated heterocycles. The monoisotopic (exact) mass is 299 g/mol. The lowest BCUT2D eigenvalue weighted by atomic mass is 10.0. The van der Waals surface area contributed by atoms with Gasteiger partial charge in [0, 0.05) is 23.4 Å². The second kappa shape index (κ2) is 6.20. The Hall–Kier alpha value is -1.98. The molecule has 0 saturated carbocycles. The molecule has 108 valence electrons. The quantitative estimate of drug-likeness (QED) is 0.782. The molecule has 2 heterocycles. The molecule has 0 spiro atoms. The molecule has 1 unspecified atom stereocenters. The van der Waals surface area contributed by atoms with Gasteiger partial charge in [-0.2, -0.15) is 16.3 Å². The van der Waals surface area contributed by atoms with E-state index in [9.17, 15) is 0 Å². The second-order valence-electron chi connectivity index (χ2n) is 4.94. The smallest absolute Gasteiger partial charge is 0.228 e. The molecule has 4 nitrogen and oxygen atoms in total. The van der Waals surface area contributed by atoms with Crippen molar-refractivity contribution in [1.82, 2.24) is 15.5 Å². The van der Waals surface area contributed by atoms with Crippen LogP contribution in [0.4, 0.5) is 0 Å². The van der Waals surface area contributed by atoms with E-state index in [0.29, 0.717) is 18.1 Å². The number of thiophene rings is 1. The molecule has 0 fully saturated rings. The highest BCUT2D eigenvalue weighted by Crippen LogP contribution is 2.25. The lowest BCUT2D eigenvalue weighted by molar-refractivity contribution is 0.363. The molecular formula is C16H17N3OS. The number of rotatable bonds is 5. The van der Waals surface area contributed by atoms with E-state index in [-0.39, 0.29) is 6.04 Å². The zero-order valence-corrected chi connectivity index (χ0v) is 12.9. The third-order valence-electron chi connectivity index (χ3n) is 3.49. The maximum atomic E-state index is 5.40. The van der Waals surface area contributed by atoms with Crippen LogP contribution in [0.15, 0.2) is 45.6 Å². The van der Waals surface area contributed by atoms with Gasteiger partial charge < -0.3 is 9.84 Å². The summed E-state index contributed by atoms with van der Waals surface area (Å²) in [5.74, 6) is 1.32. The van der Waals surface area contributed by atoms with E-state index >= 15 is 0 Å². The van der Waals surface area contributed by atoms with E-state index in [4.69, 9.17) is 4.52 Å². The number of nitrogens with one attached hydrogen (secondary N) is 1. The van der Waals surface area contributed by atoms with Crippen LogP contribution in [-0.2, 0) is 6.42 Å². The van der Waals surface area contributed by atoms with E-state index in [1.54, 1.807) is 11.3 Å². The fourth-order valence-corrected chi connectivity index (χ4v) is 3.11. The van der Waals surface area contributed by atoms with E-state index < -0.39 is 0 Å². The Labute approximate surface area is 127 Å². The summed E-state index contributed by atoms with van der Waals surface area (Å²) in [6.45, 7) is 2.06. The lowest BCUT2D eigenvalue weighted by Gasteiger charge is -2.13. The molecule has 1 atom stereocenters. The van der Waals surface area contributed by atoms with Gasteiger partial charge in [0.15, 0.2) is 0 Å². The van der Waals surface area contributed by atoms with Gasteiger partial charge in [-0.3, -0.25) is 0 Å². The maximum absolute atomic E-state index is 5.40. The molecular weight excluding hydrogens is 282 g/mol. The standard InChI is InChI=1S/C16H17N3OS/c1-11-9-21-10-13(11)16-18-15(20-19-16)8-14(17-2)12-6-4-3-5-7-12/h3-7,9-10,14,17H,8H2,1-2H3. The van der Waals surface area contributed by atoms with Crippen molar-refractivity contribution in [1.29, 1.82) is 0 Å². The SMILES string of the molecule is CNC(Cc1nc(-c2cscc2C)no1)c1ccccc1. The van der Waals surface area contributed by atoms with Gasteiger partial charge in [0.1, 0.15) is 0 Å². The number of likely N-dealkylation sites (N-methyl/N-ethyl adjacent to an activating group) is 1. The number of aryl methyl sites for hydroxylation is 1. The van der Waals surface area contributed by atoms with Gasteiger partial charge in [-0.25, -0.2) is 0 Å². The molecule has 0 aliphatic carbocycles. The minimum Gasteiger partial charge on any atom is -0.339 e. The van der Waals surface area contributed by atoms with E-state index in [1.165, 1.54) is 11.1 Å². The van der Waals surface area contributed by atoms with Crippen LogP contribution in [0.2, 0.25) is 0 Å². The van der Waals surface area contributed by atoms with Gasteiger partial charge in [0.25, 0.3) is 0 Å². The Bertz CT molecular complexity index is 705. The van der Waals surface area contributed by atoms with Crippen molar-refractivity contribution in [3.05, 3.63) is 58.1 Å². The van der Waals surface area contributed by atoms with Gasteiger partial charge in [-0.15, -0.1) is 0 Å². The van der Waals surface area contributed by atoms with E-state index in [1.807, 2.05) is 25.2 Å². The Morgan fingerprint density at radius 3 is 2.71 bits per heavy atom. The summed E-state index contributed by atoms with van der Waals surface area (Å²) < 4.78 is 5.40. The molecule has 0 aliphatic rings. The third kappa shape index (κ3) is 3.04. The average molecular weight is 299 g/mol. The topological polar surface area (TPSA) is 51.0 Å². The first kappa shape index (κ1) is 14.0. The molecule has 21 heavy (non-hydrogen) atoms. The van der Waals surface area contributed by atoms with Gasteiger partial charge in [-0.1, -0.05) is 35.5 Å². The highest BCUT2D eigenvalue weighted by atomic mass is 32.1. The minimum atomic E-state index is 0.170. The Morgan fingerprint density at radius 2 is 2.05 bits per heavy atom. The number of aromatic nitrogens is 2. The number of hydrogen-bond acceptors (Lipinski definition) is 5. The van der Waals surface area contributed by atoms with Crippen molar-refractivity contribution in [2.75, 3.05) is 7.05 Å². The molecule has 1 N–H and O–H groups in total. The van der Waals surface area contributed by atoms with Gasteiger partial charge in [0.05, 0.1) is 0 Å². The van der Waals surface area contributed by atoms with Crippen molar-refractivity contribution in [2.45, 2.75) is 19.4 Å². The van der Waals surface area contributed by atoms with Crippen LogP contribution in [0.1, 0.15) is 23.1 Å². The molecule has 0 aliphatic heterocycles. The normalized spacial score (nSPS) is 12.5. The second-order valence-corrected chi connectivity index (χ2v) is 5.68. The predicted molar refractivity (Wildman–Crippen MR) is 84.3 cm³/mol. The van der Waals surface area contributed by atoms with Crippen LogP contribution in [0.5, 0.6) is 0 Å². The number of benzene rings is 1. The van der Waals surface area contributed by atoms with Crippen LogP contribution in [0.3, 0.4) is 0 Å². The summed E-state index contributed by atoms with van der Waals surface area (Å²) in [7, 11) is 1.94. The van der Waals surface area contributed by atoms with E-state index in [0.717, 1.165) is 5.56 Å². The van der Waals surface area contributed by atoms with Crippen LogP contribution < -0.4 is 5.32 Å². The highest BCUT2D eigenvalue weighted by molar-refractivity contribution is 7.08. The third-order valence-corrected chi connectivity index (χ3v) is 4.36. The van der Waals surface area contributed by atoms with E-state index in [2.05, 4.69) is 45.3 Å². The first-order valence-electron chi connectivity index (χ1n) is 6.86. The van der Waals surface area contributed by atoms with Gasteiger partial charge in [-0.05, 0) is 30.5 Å². The maximum Gasteiger partial charge on any atom is 0.228 e. The summed E-state index contributed by atoms with van der Waals surface area (Å²) >= 11 is 1.65. The number of hydrogen-bond donors (Lipinski definition) is 1. The van der Waals surface area contributed by atoms with Crippen molar-refractivity contribution in [3.8, 4) is 11.4 Å². The van der Waals surface area contributed by atoms with Crippen LogP contribution in [0.25, 0.3) is 11.4 Å². The minimum absolute atomic E-state index is 0.170. The van der Waals surface area contributed by atoms with Crippen molar-refractivity contribution in [3.63, 3.8) is 0 Å². The molecule has 3 rings (SSSR count). The van der Waals surface area contributed by atoms with Crippen molar-refractivity contribution < 1.29 is 4.52 Å². The molecule has 0 amide bonds. The first-order chi connectivity index (χ1) is 10.3. The molecule has 2 aromatic heterocycles. The molecule has 1 aromatic carbocycles. The predicted octanol–water partition coefficient (Wildman–Crippen LogP) is 3.61. The summed E-state index contributed by atoms with van der Waals surface area (Å²) in [5.41, 5.74) is 3.45. The summed E-state index contributed by atoms with van der Waals surface area (Å²) in [5, 5.41) is 11.5. The van der Waals surface area contributed by atoms with Crippen LogP contribution in [-0.4, -0.2) is 17.2 Å². The molecule has 5 heteroatoms. The van der Waals surface area contributed by atoms with Gasteiger partial charge in [0.2, 0.25) is 11.7 Å². The first-order valence-corrected chi connectivity index (χ1v) is 7.80. The van der Waals surface area contributed by atoms with Crippen LogP contribution in [0, 0.1) is 6.92 Å². The van der Waals surface area contributed by atoms with Crippen molar-refractivity contribution >= 4 is 11.3 Å². The largest absolute Gasteiger partial charge is 0.339 e. The zero-order chi connectivity index (χ0) is 14.7. The molecule has 0 radical (unpaired) electrons. The fraction of sp³-hybridized carbons (Fsp3) is 0.250. The highest BCUT2D eigenvalue weighted by Gasteiger charge is 2.16. The van der Waals surface area contributed by atoms with Crippen molar-refractivity contribution in [2.24, 2.45) is 0 Å². The Morgan fingerprint density at radius 1 is 1.24 bits per heavy atom. The average Bonchev–Trinajstić information content (AvgIpc) is 3.14. The van der Waals surface area contributed by atoms with Crippen LogP contribution >= 0.6 is 11.3 Å². The lowest BCUT2D eigenvalue weighted by Crippen LogP contribution is -2.18. The Kier molecular flexibility index (Phi) is 4.13. The zero-order valence-electron chi connectivity index (χ0n) is 12.0. The Balaban J connectivity index is 1.79. The van der Waals surface area contributed by atoms with Gasteiger partial charge >= 0.3 is 0 Å². The number of nitrogens with zero attached hydrogens (tertiary/aromatic N) is 2. The molecule has 0 bridgehead atoms. The summed E-state index contributed by atoms with van der Waals surface area (Å²) in [6, 6.07) is 10.5. The summed E-state index contributed by atoms with van der Waals surface area (Å²) in [6.07, 6.45) is 0.677. The molecule has 3 aromatic rings.